The molecule has 0 saturated carbocycles. The molecule has 0 bridgehead atoms. The molecular weight excluding hydrogens is 779 g/mol. The molecule has 306 valence electrons. The van der Waals surface area contributed by atoms with Crippen molar-refractivity contribution in [3.05, 3.63) is 187 Å². The smallest absolute Gasteiger partial charge is 0.238 e. The summed E-state index contributed by atoms with van der Waals surface area (Å²) in [6.07, 6.45) is 2.33. The van der Waals surface area contributed by atoms with Crippen molar-refractivity contribution < 1.29 is 0 Å². The van der Waals surface area contributed by atoms with Gasteiger partial charge in [-0.25, -0.2) is 4.98 Å². The van der Waals surface area contributed by atoms with Gasteiger partial charge >= 0.3 is 0 Å². The van der Waals surface area contributed by atoms with Crippen LogP contribution in [0.2, 0.25) is 0 Å². The summed E-state index contributed by atoms with van der Waals surface area (Å²) in [6, 6.07) is 63.9. The zero-order valence-electron chi connectivity index (χ0n) is 36.4. The summed E-state index contributed by atoms with van der Waals surface area (Å²) >= 11 is 0. The SMILES string of the molecule is CC1(C)CCC(C)(C)c2cc3c(cc21)c1cc2c4ccccc4n(-c4nc(-c5ccc6ccccc6c5)nc(-c5ccc6ccc7ccccc7c6c5)n4)c2cc1n3-c1ccccc1. The first kappa shape index (κ1) is 37.0. The topological polar surface area (TPSA) is 48.5 Å². The van der Waals surface area contributed by atoms with Gasteiger partial charge in [-0.1, -0.05) is 149 Å². The second-order valence-corrected chi connectivity index (χ2v) is 19.2. The van der Waals surface area contributed by atoms with Crippen LogP contribution >= 0.6 is 0 Å². The van der Waals surface area contributed by atoms with Gasteiger partial charge in [0, 0.05) is 38.4 Å². The lowest BCUT2D eigenvalue weighted by atomic mass is 9.63. The van der Waals surface area contributed by atoms with Crippen LogP contribution in [0.15, 0.2) is 176 Å². The normalized spacial score (nSPS) is 14.7. The summed E-state index contributed by atoms with van der Waals surface area (Å²) in [5.41, 5.74) is 10.6. The molecule has 0 saturated heterocycles. The first-order valence-electron chi connectivity index (χ1n) is 22.5. The van der Waals surface area contributed by atoms with Gasteiger partial charge in [-0.05, 0) is 122 Å². The molecule has 0 aliphatic heterocycles. The average Bonchev–Trinajstić information content (AvgIpc) is 3.83. The minimum atomic E-state index is 0.0752. The van der Waals surface area contributed by atoms with Crippen molar-refractivity contribution in [3.63, 3.8) is 0 Å². The van der Waals surface area contributed by atoms with Crippen molar-refractivity contribution >= 4 is 75.9 Å². The Labute approximate surface area is 371 Å². The number of para-hydroxylation sites is 2. The summed E-state index contributed by atoms with van der Waals surface area (Å²) in [5, 5.41) is 11.9. The fourth-order valence-corrected chi connectivity index (χ4v) is 10.8. The second-order valence-electron chi connectivity index (χ2n) is 19.2. The number of nitrogens with zero attached hydrogens (tertiary/aromatic N) is 5. The molecule has 3 aromatic heterocycles. The minimum Gasteiger partial charge on any atom is -0.309 e. The van der Waals surface area contributed by atoms with Gasteiger partial charge in [0.1, 0.15) is 0 Å². The van der Waals surface area contributed by atoms with Crippen LogP contribution < -0.4 is 0 Å². The predicted molar refractivity (Wildman–Crippen MR) is 267 cm³/mol. The Hall–Kier alpha value is -7.63. The molecule has 5 nitrogen and oxygen atoms in total. The van der Waals surface area contributed by atoms with E-state index in [4.69, 9.17) is 15.0 Å². The quantitative estimate of drug-likeness (QED) is 0.166. The molecule has 1 aliphatic rings. The van der Waals surface area contributed by atoms with Gasteiger partial charge in [0.2, 0.25) is 5.95 Å². The van der Waals surface area contributed by atoms with Crippen LogP contribution in [0.4, 0.5) is 0 Å². The second kappa shape index (κ2) is 13.4. The summed E-state index contributed by atoms with van der Waals surface area (Å²) in [7, 11) is 0. The fraction of sp³-hybridized carbons (Fsp3) is 0.136. The van der Waals surface area contributed by atoms with Gasteiger partial charge in [-0.3, -0.25) is 4.57 Å². The standard InChI is InChI=1S/C59H45N5/c1-58(2)28-29-59(3,4)50-34-52-48(33-49(50)58)47-32-46-44-20-12-13-21-51(44)64(54(46)35-53(47)63(52)42-17-6-5-7-18-42)57-61-55(40-26-22-36-14-8-9-16-39(36)30-40)60-56(62-57)41-27-25-38-24-23-37-15-10-11-19-43(37)45(38)31-41/h5-27,30-35H,28-29H2,1-4H3. The van der Waals surface area contributed by atoms with Crippen LogP contribution in [0, 0.1) is 0 Å². The summed E-state index contributed by atoms with van der Waals surface area (Å²) < 4.78 is 4.74. The van der Waals surface area contributed by atoms with E-state index in [1.165, 1.54) is 66.2 Å². The van der Waals surface area contributed by atoms with Gasteiger partial charge in [-0.15, -0.1) is 0 Å². The zero-order valence-corrected chi connectivity index (χ0v) is 36.4. The summed E-state index contributed by atoms with van der Waals surface area (Å²) in [4.78, 5) is 16.1. The van der Waals surface area contributed by atoms with Crippen LogP contribution in [0.5, 0.6) is 0 Å². The van der Waals surface area contributed by atoms with Gasteiger partial charge in [0.15, 0.2) is 11.6 Å². The molecule has 0 N–H and O–H groups in total. The van der Waals surface area contributed by atoms with Crippen molar-refractivity contribution in [1.82, 2.24) is 24.1 Å². The van der Waals surface area contributed by atoms with Crippen LogP contribution in [-0.4, -0.2) is 24.1 Å². The third-order valence-corrected chi connectivity index (χ3v) is 14.4. The lowest BCUT2D eigenvalue weighted by molar-refractivity contribution is 0.332. The van der Waals surface area contributed by atoms with Gasteiger partial charge in [0.05, 0.1) is 22.1 Å². The zero-order chi connectivity index (χ0) is 42.9. The highest BCUT2D eigenvalue weighted by atomic mass is 15.2. The Balaban J connectivity index is 1.12. The minimum absolute atomic E-state index is 0.0752. The molecule has 13 rings (SSSR count). The van der Waals surface area contributed by atoms with E-state index in [0.717, 1.165) is 50.6 Å². The van der Waals surface area contributed by atoms with Crippen LogP contribution in [0.3, 0.4) is 0 Å². The maximum absolute atomic E-state index is 5.44. The third-order valence-electron chi connectivity index (χ3n) is 14.4. The molecule has 0 unspecified atom stereocenters. The predicted octanol–water partition coefficient (Wildman–Crippen LogP) is 15.2. The largest absolute Gasteiger partial charge is 0.309 e. The first-order chi connectivity index (χ1) is 31.2. The van der Waals surface area contributed by atoms with E-state index in [1.807, 2.05) is 0 Å². The Morgan fingerprint density at radius 2 is 0.891 bits per heavy atom. The van der Waals surface area contributed by atoms with Gasteiger partial charge < -0.3 is 4.57 Å². The number of aromatic nitrogens is 5. The molecule has 3 heterocycles. The van der Waals surface area contributed by atoms with E-state index in [9.17, 15) is 0 Å². The molecule has 0 fully saturated rings. The molecule has 0 spiro atoms. The van der Waals surface area contributed by atoms with Crippen molar-refractivity contribution in [2.45, 2.75) is 51.4 Å². The van der Waals surface area contributed by atoms with Crippen molar-refractivity contribution in [2.24, 2.45) is 0 Å². The van der Waals surface area contributed by atoms with Crippen molar-refractivity contribution in [2.75, 3.05) is 0 Å². The molecule has 0 atom stereocenters. The van der Waals surface area contributed by atoms with E-state index in [0.29, 0.717) is 17.6 Å². The Morgan fingerprint density at radius 3 is 1.66 bits per heavy atom. The third kappa shape index (κ3) is 5.53. The maximum atomic E-state index is 5.44. The molecule has 1 aliphatic carbocycles. The average molecular weight is 824 g/mol. The highest BCUT2D eigenvalue weighted by molar-refractivity contribution is 6.19. The molecule has 0 radical (unpaired) electrons. The van der Waals surface area contributed by atoms with Crippen molar-refractivity contribution in [1.29, 1.82) is 0 Å². The lowest BCUT2D eigenvalue weighted by Crippen LogP contribution is -2.33. The van der Waals surface area contributed by atoms with E-state index < -0.39 is 0 Å². The number of hydrogen-bond acceptors (Lipinski definition) is 3. The monoisotopic (exact) mass is 823 g/mol. The molecule has 9 aromatic carbocycles. The highest BCUT2D eigenvalue weighted by Gasteiger charge is 2.38. The first-order valence-corrected chi connectivity index (χ1v) is 22.5. The molecule has 0 amide bonds. The summed E-state index contributed by atoms with van der Waals surface area (Å²) in [5.74, 6) is 1.84. The van der Waals surface area contributed by atoms with Gasteiger partial charge in [0.25, 0.3) is 0 Å². The van der Waals surface area contributed by atoms with E-state index in [-0.39, 0.29) is 10.8 Å². The number of fused-ring (bicyclic) bond motifs is 11. The molecule has 5 heteroatoms. The number of rotatable bonds is 4. The van der Waals surface area contributed by atoms with Crippen LogP contribution in [-0.2, 0) is 10.8 Å². The fourth-order valence-electron chi connectivity index (χ4n) is 10.8. The number of hydrogen-bond donors (Lipinski definition) is 0. The van der Waals surface area contributed by atoms with Crippen molar-refractivity contribution in [3.8, 4) is 34.4 Å². The Morgan fingerprint density at radius 1 is 0.359 bits per heavy atom. The van der Waals surface area contributed by atoms with E-state index in [1.54, 1.807) is 0 Å². The lowest BCUT2D eigenvalue weighted by Gasteiger charge is -2.42. The Bertz CT molecular complexity index is 3910. The van der Waals surface area contributed by atoms with Crippen LogP contribution in [0.25, 0.3) is 110 Å². The van der Waals surface area contributed by atoms with Gasteiger partial charge in [-0.2, -0.15) is 9.97 Å². The molecule has 12 aromatic rings. The van der Waals surface area contributed by atoms with E-state index >= 15 is 0 Å². The Kier molecular flexibility index (Phi) is 7.76. The van der Waals surface area contributed by atoms with E-state index in [2.05, 4.69) is 213 Å². The van der Waals surface area contributed by atoms with Crippen LogP contribution in [0.1, 0.15) is 51.7 Å². The number of benzene rings is 9. The molecule has 64 heavy (non-hydrogen) atoms. The molecular formula is C59H45N5. The highest BCUT2D eigenvalue weighted by Crippen LogP contribution is 2.49. The maximum Gasteiger partial charge on any atom is 0.238 e. The summed E-state index contributed by atoms with van der Waals surface area (Å²) in [6.45, 7) is 9.68.